The summed E-state index contributed by atoms with van der Waals surface area (Å²) in [7, 11) is 1.66. The van der Waals surface area contributed by atoms with E-state index in [1.807, 2.05) is 0 Å². The number of benzene rings is 1. The third kappa shape index (κ3) is 3.78. The van der Waals surface area contributed by atoms with E-state index < -0.39 is 0 Å². The van der Waals surface area contributed by atoms with E-state index in [9.17, 15) is 4.39 Å². The Balaban J connectivity index is 0.000000192. The van der Waals surface area contributed by atoms with Crippen molar-refractivity contribution in [3.63, 3.8) is 0 Å². The van der Waals surface area contributed by atoms with Gasteiger partial charge in [0.2, 0.25) is 0 Å². The number of nitrogens with two attached hydrogens (primary N) is 2. The van der Waals surface area contributed by atoms with Gasteiger partial charge in [0, 0.05) is 16.6 Å². The number of nitriles is 1. The zero-order valence-electron chi connectivity index (χ0n) is 15.7. The largest absolute Gasteiger partial charge is 0.496 e. The van der Waals surface area contributed by atoms with Gasteiger partial charge in [-0.2, -0.15) is 5.26 Å². The van der Waals surface area contributed by atoms with Crippen LogP contribution < -0.4 is 16.2 Å². The van der Waals surface area contributed by atoms with Gasteiger partial charge in [0.05, 0.1) is 12.6 Å². The SMILES string of the molecule is CCc1nc2ccc(F)cc2c(OC)c1C1CC1.N#Cc1c(N)ncnc1N. The lowest BCUT2D eigenvalue weighted by Crippen LogP contribution is -2.01. The van der Waals surface area contributed by atoms with Gasteiger partial charge < -0.3 is 16.2 Å². The number of aryl methyl sites for hydroxylation is 1. The van der Waals surface area contributed by atoms with E-state index >= 15 is 0 Å². The highest BCUT2D eigenvalue weighted by Gasteiger charge is 2.31. The van der Waals surface area contributed by atoms with Gasteiger partial charge in [0.15, 0.2) is 0 Å². The minimum atomic E-state index is -0.242. The predicted molar refractivity (Wildman–Crippen MR) is 105 cm³/mol. The van der Waals surface area contributed by atoms with Gasteiger partial charge in [-0.25, -0.2) is 14.4 Å². The number of rotatable bonds is 3. The predicted octanol–water partition coefficient (Wildman–Crippen LogP) is 3.33. The summed E-state index contributed by atoms with van der Waals surface area (Å²) < 4.78 is 19.0. The topological polar surface area (TPSA) is 124 Å². The van der Waals surface area contributed by atoms with Gasteiger partial charge in [0.25, 0.3) is 0 Å². The van der Waals surface area contributed by atoms with Crippen LogP contribution in [0.25, 0.3) is 10.9 Å². The van der Waals surface area contributed by atoms with Gasteiger partial charge in [-0.15, -0.1) is 0 Å². The van der Waals surface area contributed by atoms with Crippen LogP contribution in [-0.4, -0.2) is 22.1 Å². The van der Waals surface area contributed by atoms with Crippen LogP contribution in [0, 0.1) is 17.1 Å². The van der Waals surface area contributed by atoms with Gasteiger partial charge >= 0.3 is 0 Å². The summed E-state index contributed by atoms with van der Waals surface area (Å²) in [6, 6.07) is 6.48. The van der Waals surface area contributed by atoms with Crippen molar-refractivity contribution in [2.45, 2.75) is 32.1 Å². The molecule has 3 aromatic rings. The molecule has 1 aliphatic rings. The van der Waals surface area contributed by atoms with Gasteiger partial charge in [0.1, 0.15) is 41.2 Å². The molecule has 144 valence electrons. The molecule has 1 aromatic carbocycles. The Morgan fingerprint density at radius 1 is 1.25 bits per heavy atom. The summed E-state index contributed by atoms with van der Waals surface area (Å²) in [5.41, 5.74) is 13.8. The quantitative estimate of drug-likeness (QED) is 0.714. The molecule has 0 aliphatic heterocycles. The Kier molecular flexibility index (Phi) is 5.54. The molecule has 1 fully saturated rings. The summed E-state index contributed by atoms with van der Waals surface area (Å²) in [5, 5.41) is 9.20. The van der Waals surface area contributed by atoms with E-state index in [1.165, 1.54) is 36.9 Å². The molecule has 1 aliphatic carbocycles. The molecule has 0 atom stereocenters. The number of halogens is 1. The van der Waals surface area contributed by atoms with Crippen molar-refractivity contribution in [2.24, 2.45) is 0 Å². The molecule has 0 saturated heterocycles. The maximum Gasteiger partial charge on any atom is 0.146 e. The van der Waals surface area contributed by atoms with Crippen molar-refractivity contribution >= 4 is 22.5 Å². The van der Waals surface area contributed by atoms with Crippen LogP contribution in [0.15, 0.2) is 24.5 Å². The number of nitrogens with zero attached hydrogens (tertiary/aromatic N) is 4. The minimum Gasteiger partial charge on any atom is -0.496 e. The molecule has 7 nitrogen and oxygen atoms in total. The Morgan fingerprint density at radius 3 is 2.43 bits per heavy atom. The molecule has 0 unspecified atom stereocenters. The highest BCUT2D eigenvalue weighted by Crippen LogP contribution is 2.47. The van der Waals surface area contributed by atoms with Gasteiger partial charge in [-0.1, -0.05) is 6.92 Å². The highest BCUT2D eigenvalue weighted by molar-refractivity contribution is 5.87. The second kappa shape index (κ2) is 8.05. The third-order valence-corrected chi connectivity index (χ3v) is 4.56. The minimum absolute atomic E-state index is 0.120. The number of aromatic nitrogens is 3. The first-order valence-electron chi connectivity index (χ1n) is 8.92. The van der Waals surface area contributed by atoms with Crippen LogP contribution in [0.3, 0.4) is 0 Å². The number of hydrogen-bond donors (Lipinski definition) is 2. The van der Waals surface area contributed by atoms with Crippen molar-refractivity contribution in [1.29, 1.82) is 5.26 Å². The molecule has 2 heterocycles. The summed E-state index contributed by atoms with van der Waals surface area (Å²) in [4.78, 5) is 11.8. The monoisotopic (exact) mass is 380 g/mol. The van der Waals surface area contributed by atoms with Gasteiger partial charge in [-0.05, 0) is 43.4 Å². The molecule has 28 heavy (non-hydrogen) atoms. The van der Waals surface area contributed by atoms with Crippen molar-refractivity contribution in [3.05, 3.63) is 47.2 Å². The zero-order chi connectivity index (χ0) is 20.3. The van der Waals surface area contributed by atoms with Crippen LogP contribution in [-0.2, 0) is 6.42 Å². The number of ether oxygens (including phenoxy) is 1. The fourth-order valence-electron chi connectivity index (χ4n) is 3.08. The second-order valence-electron chi connectivity index (χ2n) is 6.43. The number of methoxy groups -OCH3 is 1. The normalized spacial score (nSPS) is 12.8. The van der Waals surface area contributed by atoms with E-state index in [0.717, 1.165) is 28.8 Å². The number of hydrogen-bond acceptors (Lipinski definition) is 7. The van der Waals surface area contributed by atoms with Crippen molar-refractivity contribution < 1.29 is 9.13 Å². The third-order valence-electron chi connectivity index (χ3n) is 4.56. The second-order valence-corrected chi connectivity index (χ2v) is 6.43. The molecule has 8 heteroatoms. The van der Waals surface area contributed by atoms with Crippen LogP contribution in [0.5, 0.6) is 5.75 Å². The molecular formula is C20H21FN6O. The average Bonchev–Trinajstić information content (AvgIpc) is 3.52. The first-order valence-corrected chi connectivity index (χ1v) is 8.92. The molecule has 4 rings (SSSR count). The Morgan fingerprint density at radius 2 is 1.93 bits per heavy atom. The zero-order valence-corrected chi connectivity index (χ0v) is 15.7. The summed E-state index contributed by atoms with van der Waals surface area (Å²) in [5.74, 6) is 1.37. The number of fused-ring (bicyclic) bond motifs is 1. The van der Waals surface area contributed by atoms with Crippen LogP contribution in [0.2, 0.25) is 0 Å². The molecule has 2 aromatic heterocycles. The van der Waals surface area contributed by atoms with E-state index in [2.05, 4.69) is 21.9 Å². The van der Waals surface area contributed by atoms with Crippen molar-refractivity contribution in [3.8, 4) is 11.8 Å². The average molecular weight is 380 g/mol. The van der Waals surface area contributed by atoms with Crippen molar-refractivity contribution in [1.82, 2.24) is 15.0 Å². The van der Waals surface area contributed by atoms with E-state index in [4.69, 9.17) is 21.5 Å². The van der Waals surface area contributed by atoms with Crippen LogP contribution in [0.1, 0.15) is 42.5 Å². The van der Waals surface area contributed by atoms with Crippen LogP contribution in [0.4, 0.5) is 16.0 Å². The smallest absolute Gasteiger partial charge is 0.146 e. The standard InChI is InChI=1S/C15H16FNO.C5H5N5/c1-3-12-14(9-4-5-9)15(18-2)11-8-10(16)6-7-13(11)17-12;6-1-3-4(7)9-2-10-5(3)8/h6-9H,3-5H2,1-2H3;2H,(H4,7,8,9,10). The Hall–Kier alpha value is -3.47. The molecular weight excluding hydrogens is 359 g/mol. The fraction of sp³-hybridized carbons (Fsp3) is 0.300. The van der Waals surface area contributed by atoms with E-state index in [0.29, 0.717) is 5.92 Å². The maximum atomic E-state index is 13.4. The summed E-state index contributed by atoms with van der Waals surface area (Å²) in [6.07, 6.45) is 4.47. The fourth-order valence-corrected chi connectivity index (χ4v) is 3.08. The van der Waals surface area contributed by atoms with Gasteiger partial charge in [-0.3, -0.25) is 4.98 Å². The molecule has 4 N–H and O–H groups in total. The van der Waals surface area contributed by atoms with Crippen LogP contribution >= 0.6 is 0 Å². The lowest BCUT2D eigenvalue weighted by molar-refractivity contribution is 0.413. The maximum absolute atomic E-state index is 13.4. The molecule has 0 bridgehead atoms. The first kappa shape index (κ1) is 19.3. The molecule has 0 amide bonds. The molecule has 0 radical (unpaired) electrons. The number of anilines is 2. The Bertz CT molecular complexity index is 1040. The number of nitrogen functional groups attached to an aromatic ring is 2. The Labute approximate surface area is 162 Å². The summed E-state index contributed by atoms with van der Waals surface area (Å²) in [6.45, 7) is 2.10. The number of pyridine rings is 1. The summed E-state index contributed by atoms with van der Waals surface area (Å²) >= 11 is 0. The lowest BCUT2D eigenvalue weighted by atomic mass is 10.0. The van der Waals surface area contributed by atoms with E-state index in [1.54, 1.807) is 19.2 Å². The molecule has 1 saturated carbocycles. The lowest BCUT2D eigenvalue weighted by Gasteiger charge is -2.15. The first-order chi connectivity index (χ1) is 13.5. The highest BCUT2D eigenvalue weighted by atomic mass is 19.1. The molecule has 0 spiro atoms. The van der Waals surface area contributed by atoms with E-state index in [-0.39, 0.29) is 23.0 Å². The van der Waals surface area contributed by atoms with Crippen molar-refractivity contribution in [2.75, 3.05) is 18.6 Å².